The molecular formula is C26H29ClFN5O2. The second kappa shape index (κ2) is 12.0. The average Bonchev–Trinajstić information content (AvgIpc) is 2.86. The Morgan fingerprint density at radius 3 is 2.80 bits per heavy atom. The Kier molecular flexibility index (Phi) is 8.50. The number of rotatable bonds is 9. The van der Waals surface area contributed by atoms with E-state index >= 15 is 0 Å². The van der Waals surface area contributed by atoms with E-state index in [0.717, 1.165) is 26.1 Å². The molecule has 0 aliphatic carbocycles. The lowest BCUT2D eigenvalue weighted by atomic mass is 10.1. The maximum Gasteiger partial charge on any atom is 0.248 e. The molecule has 7 nitrogen and oxygen atoms in total. The van der Waals surface area contributed by atoms with Gasteiger partial charge >= 0.3 is 0 Å². The maximum atomic E-state index is 13.6. The Hall–Kier alpha value is -3.23. The second-order valence-corrected chi connectivity index (χ2v) is 8.85. The highest BCUT2D eigenvalue weighted by Gasteiger charge is 2.14. The van der Waals surface area contributed by atoms with E-state index in [1.54, 1.807) is 24.3 Å². The molecule has 35 heavy (non-hydrogen) atoms. The summed E-state index contributed by atoms with van der Waals surface area (Å²) in [5, 5.41) is 6.77. The third-order valence-corrected chi connectivity index (χ3v) is 6.01. The zero-order valence-electron chi connectivity index (χ0n) is 19.7. The lowest BCUT2D eigenvalue weighted by molar-refractivity contribution is -0.111. The van der Waals surface area contributed by atoms with E-state index in [1.165, 1.54) is 37.7 Å². The lowest BCUT2D eigenvalue weighted by Crippen LogP contribution is -2.29. The normalized spacial score (nSPS) is 14.4. The van der Waals surface area contributed by atoms with E-state index in [4.69, 9.17) is 16.3 Å². The average molecular weight is 498 g/mol. The predicted molar refractivity (Wildman–Crippen MR) is 138 cm³/mol. The molecule has 2 heterocycles. The summed E-state index contributed by atoms with van der Waals surface area (Å²) in [5.74, 6) is 0.294. The first kappa shape index (κ1) is 24.9. The van der Waals surface area contributed by atoms with E-state index < -0.39 is 5.82 Å². The molecule has 184 valence electrons. The van der Waals surface area contributed by atoms with Gasteiger partial charge < -0.3 is 15.4 Å². The maximum absolute atomic E-state index is 13.6. The van der Waals surface area contributed by atoms with Crippen molar-refractivity contribution >= 4 is 45.6 Å². The van der Waals surface area contributed by atoms with Crippen LogP contribution in [-0.4, -0.2) is 47.0 Å². The highest BCUT2D eigenvalue weighted by molar-refractivity contribution is 6.31. The van der Waals surface area contributed by atoms with Gasteiger partial charge in [0.15, 0.2) is 0 Å². The Balaban J connectivity index is 1.58. The molecule has 1 aromatic heterocycles. The minimum Gasteiger partial charge on any atom is -0.491 e. The summed E-state index contributed by atoms with van der Waals surface area (Å²) in [6.07, 6.45) is 9.39. The van der Waals surface area contributed by atoms with Gasteiger partial charge in [0.25, 0.3) is 0 Å². The number of carbonyl (C=O) groups is 1. The first-order chi connectivity index (χ1) is 17.0. The molecule has 3 aromatic rings. The van der Waals surface area contributed by atoms with Crippen LogP contribution in [0.25, 0.3) is 10.9 Å². The Bertz CT molecular complexity index is 1210. The van der Waals surface area contributed by atoms with Crippen LogP contribution in [0.2, 0.25) is 5.02 Å². The number of hydrogen-bond acceptors (Lipinski definition) is 6. The van der Waals surface area contributed by atoms with Crippen LogP contribution in [0.4, 0.5) is 21.6 Å². The summed E-state index contributed by atoms with van der Waals surface area (Å²) in [6.45, 7) is 5.41. The number of hydrogen-bond donors (Lipinski definition) is 2. The van der Waals surface area contributed by atoms with Crippen LogP contribution in [-0.2, 0) is 4.79 Å². The number of likely N-dealkylation sites (tertiary alicyclic amines) is 1. The van der Waals surface area contributed by atoms with E-state index in [0.29, 0.717) is 40.5 Å². The molecule has 1 amide bonds. The quantitative estimate of drug-likeness (QED) is 0.356. The van der Waals surface area contributed by atoms with Crippen molar-refractivity contribution in [3.8, 4) is 5.75 Å². The number of amides is 1. The summed E-state index contributed by atoms with van der Waals surface area (Å²) >= 11 is 5.92. The largest absolute Gasteiger partial charge is 0.491 e. The number of nitrogens with one attached hydrogen (secondary N) is 2. The van der Waals surface area contributed by atoms with Gasteiger partial charge in [-0.2, -0.15) is 0 Å². The van der Waals surface area contributed by atoms with Crippen molar-refractivity contribution in [3.63, 3.8) is 0 Å². The lowest BCUT2D eigenvalue weighted by Gasteiger charge is -2.24. The molecule has 1 aliphatic heterocycles. The first-order valence-electron chi connectivity index (χ1n) is 11.9. The number of carbonyl (C=O) groups excluding carboxylic acids is 1. The summed E-state index contributed by atoms with van der Waals surface area (Å²) < 4.78 is 19.5. The highest BCUT2D eigenvalue weighted by Crippen LogP contribution is 2.34. The topological polar surface area (TPSA) is 79.4 Å². The third kappa shape index (κ3) is 6.68. The van der Waals surface area contributed by atoms with Gasteiger partial charge in [0.1, 0.15) is 23.7 Å². The second-order valence-electron chi connectivity index (χ2n) is 8.44. The van der Waals surface area contributed by atoms with Crippen molar-refractivity contribution in [3.05, 3.63) is 59.7 Å². The standard InChI is InChI=1S/C26H29ClFN5O2/c1-2-13-35-24-16-22-19(26(30-17-29-22)31-18-8-9-21(28)20(27)14-18)15-23(24)32-25(34)7-6-12-33-10-4-3-5-11-33/h6-9,14-17H,2-5,10-13H2,1H3,(H,32,34)(H,29,30,31)/b7-6+. The molecule has 0 bridgehead atoms. The molecule has 0 radical (unpaired) electrons. The zero-order chi connectivity index (χ0) is 24.6. The van der Waals surface area contributed by atoms with Gasteiger partial charge in [-0.25, -0.2) is 14.4 Å². The molecular weight excluding hydrogens is 469 g/mol. The molecule has 1 saturated heterocycles. The molecule has 2 N–H and O–H groups in total. The molecule has 1 fully saturated rings. The zero-order valence-corrected chi connectivity index (χ0v) is 20.4. The Morgan fingerprint density at radius 1 is 1.20 bits per heavy atom. The predicted octanol–water partition coefficient (Wildman–Crippen LogP) is 5.94. The fourth-order valence-electron chi connectivity index (χ4n) is 3.95. The van der Waals surface area contributed by atoms with E-state index in [9.17, 15) is 9.18 Å². The van der Waals surface area contributed by atoms with Crippen LogP contribution in [0, 0.1) is 5.82 Å². The van der Waals surface area contributed by atoms with Gasteiger partial charge in [0.05, 0.1) is 22.8 Å². The fourth-order valence-corrected chi connectivity index (χ4v) is 4.13. The van der Waals surface area contributed by atoms with Gasteiger partial charge in [-0.05, 0) is 56.6 Å². The van der Waals surface area contributed by atoms with Crippen LogP contribution in [0.3, 0.4) is 0 Å². The van der Waals surface area contributed by atoms with Crippen molar-refractivity contribution in [2.24, 2.45) is 0 Å². The number of halogens is 2. The monoisotopic (exact) mass is 497 g/mol. The SMILES string of the molecule is CCCOc1cc2ncnc(Nc3ccc(F)c(Cl)c3)c2cc1NC(=O)/C=C/CN1CCCCC1. The molecule has 0 atom stereocenters. The van der Waals surface area contributed by atoms with E-state index in [-0.39, 0.29) is 10.9 Å². The van der Waals surface area contributed by atoms with Gasteiger partial charge in [-0.3, -0.25) is 9.69 Å². The Labute approximate surface area is 209 Å². The minimum absolute atomic E-state index is 0.00732. The van der Waals surface area contributed by atoms with Crippen molar-refractivity contribution in [1.29, 1.82) is 0 Å². The summed E-state index contributed by atoms with van der Waals surface area (Å²) in [4.78, 5) is 23.7. The number of fused-ring (bicyclic) bond motifs is 1. The van der Waals surface area contributed by atoms with E-state index in [2.05, 4.69) is 25.5 Å². The van der Waals surface area contributed by atoms with Gasteiger partial charge in [0.2, 0.25) is 5.91 Å². The summed E-state index contributed by atoms with van der Waals surface area (Å²) in [7, 11) is 0. The molecule has 4 rings (SSSR count). The van der Waals surface area contributed by atoms with Crippen LogP contribution in [0.1, 0.15) is 32.6 Å². The molecule has 0 unspecified atom stereocenters. The summed E-state index contributed by atoms with van der Waals surface area (Å²) in [5.41, 5.74) is 1.74. The van der Waals surface area contributed by atoms with Gasteiger partial charge in [0, 0.05) is 29.8 Å². The van der Waals surface area contributed by atoms with E-state index in [1.807, 2.05) is 13.0 Å². The number of ether oxygens (including phenoxy) is 1. The van der Waals surface area contributed by atoms with Gasteiger partial charge in [-0.1, -0.05) is 31.0 Å². The first-order valence-corrected chi connectivity index (χ1v) is 12.2. The van der Waals surface area contributed by atoms with Crippen molar-refractivity contribution in [2.75, 3.05) is 36.9 Å². The van der Waals surface area contributed by atoms with Crippen LogP contribution >= 0.6 is 11.6 Å². The van der Waals surface area contributed by atoms with Crippen molar-refractivity contribution in [2.45, 2.75) is 32.6 Å². The number of aromatic nitrogens is 2. The molecule has 0 saturated carbocycles. The molecule has 9 heteroatoms. The van der Waals surface area contributed by atoms with Gasteiger partial charge in [-0.15, -0.1) is 0 Å². The number of benzene rings is 2. The van der Waals surface area contributed by atoms with Crippen molar-refractivity contribution < 1.29 is 13.9 Å². The van der Waals surface area contributed by atoms with Crippen LogP contribution in [0.5, 0.6) is 5.75 Å². The summed E-state index contributed by atoms with van der Waals surface area (Å²) in [6, 6.07) is 7.91. The number of piperidine rings is 1. The fraction of sp³-hybridized carbons (Fsp3) is 0.346. The minimum atomic E-state index is -0.499. The van der Waals surface area contributed by atoms with Crippen LogP contribution in [0.15, 0.2) is 48.8 Å². The molecule has 0 spiro atoms. The number of anilines is 3. The third-order valence-electron chi connectivity index (χ3n) is 5.72. The number of nitrogens with zero attached hydrogens (tertiary/aromatic N) is 3. The van der Waals surface area contributed by atoms with Crippen LogP contribution < -0.4 is 15.4 Å². The molecule has 2 aromatic carbocycles. The molecule has 1 aliphatic rings. The van der Waals surface area contributed by atoms with Crippen molar-refractivity contribution in [1.82, 2.24) is 14.9 Å². The Morgan fingerprint density at radius 2 is 2.03 bits per heavy atom. The highest BCUT2D eigenvalue weighted by atomic mass is 35.5. The smallest absolute Gasteiger partial charge is 0.248 e.